The third kappa shape index (κ3) is 4.40. The first-order valence-electron chi connectivity index (χ1n) is 21.3. The fraction of sp³-hybridized carbons (Fsp3) is 0.0222. The summed E-state index contributed by atoms with van der Waals surface area (Å²) in [5.41, 5.74) is 5.34. The third-order valence-electron chi connectivity index (χ3n) is 8.47. The monoisotopic (exact) mass is 599 g/mol. The molecular weight excluding hydrogens is 556 g/mol. The van der Waals surface area contributed by atoms with Gasteiger partial charge in [-0.25, -0.2) is 0 Å². The Bertz CT molecular complexity index is 3160. The Hall–Kier alpha value is -5.92. The molecule has 0 spiro atoms. The van der Waals surface area contributed by atoms with Gasteiger partial charge in [0, 0.05) is 16.3 Å². The van der Waals surface area contributed by atoms with Crippen LogP contribution in [0.4, 0.5) is 0 Å². The van der Waals surface area contributed by atoms with Gasteiger partial charge in [-0.15, -0.1) is 0 Å². The first-order chi connectivity index (χ1) is 28.2. The molecule has 46 heavy (non-hydrogen) atoms. The Morgan fingerprint density at radius 1 is 0.457 bits per heavy atom. The van der Waals surface area contributed by atoms with Gasteiger partial charge in [-0.2, -0.15) is 0 Å². The van der Waals surface area contributed by atoms with Crippen LogP contribution in [0.2, 0.25) is 0 Å². The van der Waals surface area contributed by atoms with Gasteiger partial charge in [-0.3, -0.25) is 0 Å². The molecule has 0 saturated heterocycles. The Morgan fingerprint density at radius 2 is 1.09 bits per heavy atom. The van der Waals surface area contributed by atoms with E-state index in [1.807, 2.05) is 72.8 Å². The van der Waals surface area contributed by atoms with Crippen molar-refractivity contribution in [3.05, 3.63) is 181 Å². The molecule has 0 atom stereocenters. The maximum atomic E-state index is 9.20. The molecule has 0 radical (unpaired) electrons. The number of hydrogen-bond acceptors (Lipinski definition) is 1. The second kappa shape index (κ2) is 10.9. The summed E-state index contributed by atoms with van der Waals surface area (Å²) < 4.78 is 120. The van der Waals surface area contributed by atoms with E-state index in [4.69, 9.17) is 19.5 Å². The molecule has 0 aliphatic heterocycles. The summed E-state index contributed by atoms with van der Waals surface area (Å²) in [7, 11) is 0. The van der Waals surface area contributed by atoms with Crippen molar-refractivity contribution in [1.29, 1.82) is 0 Å². The topological polar surface area (TPSA) is 13.1 Å². The summed E-state index contributed by atoms with van der Waals surface area (Å²) in [6, 6.07) is 21.9. The summed E-state index contributed by atoms with van der Waals surface area (Å²) in [4.78, 5) is 0. The van der Waals surface area contributed by atoms with Crippen molar-refractivity contribution in [2.24, 2.45) is 0 Å². The van der Waals surface area contributed by atoms with Crippen molar-refractivity contribution >= 4 is 43.5 Å². The standard InChI is InChI=1S/C45H30O/c1-3-12-30(13-4-1)28-42-36-16-7-9-18-39(36)44(40-19-10-8-17-37(40)42)33-24-22-32(23-25-33)35-20-11-21-41-38-27-26-34(29-43(38)46-45(35)41)31-14-5-2-6-15-31/h1-27,29H,28H2/i1D,3D,4D,7D,8D,9D,10D,12D,13D,16D,17D,18D,19D. The zero-order chi connectivity index (χ0) is 41.8. The third-order valence-corrected chi connectivity index (χ3v) is 8.47. The molecule has 0 N–H and O–H groups in total. The molecule has 9 rings (SSSR count). The molecule has 9 aromatic rings. The van der Waals surface area contributed by atoms with Gasteiger partial charge in [-0.1, -0.05) is 157 Å². The number of rotatable bonds is 5. The fourth-order valence-corrected chi connectivity index (χ4v) is 6.36. The molecule has 0 amide bonds. The van der Waals surface area contributed by atoms with E-state index >= 15 is 0 Å². The second-order valence-electron chi connectivity index (χ2n) is 11.1. The van der Waals surface area contributed by atoms with Crippen LogP contribution in [0.5, 0.6) is 0 Å². The zero-order valence-corrected chi connectivity index (χ0v) is 24.3. The minimum Gasteiger partial charge on any atom is -0.455 e. The SMILES string of the molecule is [2H]c1c([2H])c([2H])c(Cc2c3c([2H])c([2H])c([2H])c([2H])c3c(-c3ccc(-c4cccc5c4oc4cc(-c6ccccc6)ccc45)cc3)c3c([2H])c([2H])c([2H])c([2H])c23)c([2H])c1[2H]. The quantitative estimate of drug-likeness (QED) is 0.179. The highest BCUT2D eigenvalue weighted by Gasteiger charge is 2.17. The highest BCUT2D eigenvalue weighted by atomic mass is 16.3. The summed E-state index contributed by atoms with van der Waals surface area (Å²) >= 11 is 0. The van der Waals surface area contributed by atoms with Crippen molar-refractivity contribution in [2.75, 3.05) is 0 Å². The van der Waals surface area contributed by atoms with E-state index in [0.717, 1.165) is 38.6 Å². The van der Waals surface area contributed by atoms with Gasteiger partial charge in [0.25, 0.3) is 0 Å². The molecule has 1 aromatic heterocycles. The lowest BCUT2D eigenvalue weighted by Gasteiger charge is -2.18. The lowest BCUT2D eigenvalue weighted by atomic mass is 9.86. The van der Waals surface area contributed by atoms with E-state index in [1.54, 1.807) is 12.1 Å². The number of fused-ring (bicyclic) bond motifs is 5. The molecule has 8 aromatic carbocycles. The zero-order valence-electron chi connectivity index (χ0n) is 37.3. The number of furan rings is 1. The Morgan fingerprint density at radius 3 is 1.80 bits per heavy atom. The lowest BCUT2D eigenvalue weighted by Crippen LogP contribution is -1.95. The molecule has 0 fully saturated rings. The van der Waals surface area contributed by atoms with Crippen molar-refractivity contribution in [1.82, 2.24) is 0 Å². The van der Waals surface area contributed by atoms with E-state index in [9.17, 15) is 2.74 Å². The minimum absolute atomic E-state index is 0.0140. The van der Waals surface area contributed by atoms with Gasteiger partial charge in [0.05, 0.1) is 17.8 Å². The van der Waals surface area contributed by atoms with Gasteiger partial charge in [0.2, 0.25) is 0 Å². The summed E-state index contributed by atoms with van der Waals surface area (Å²) in [6.07, 6.45) is -0.486. The van der Waals surface area contributed by atoms with Gasteiger partial charge in [-0.05, 0) is 79.0 Å². The van der Waals surface area contributed by atoms with Gasteiger partial charge < -0.3 is 4.42 Å². The number of hydrogen-bond donors (Lipinski definition) is 0. The van der Waals surface area contributed by atoms with Crippen LogP contribution < -0.4 is 0 Å². The van der Waals surface area contributed by atoms with Gasteiger partial charge in [0.15, 0.2) is 0 Å². The normalized spacial score (nSPS) is 15.5. The van der Waals surface area contributed by atoms with E-state index in [1.165, 1.54) is 0 Å². The first kappa shape index (κ1) is 16.4. The van der Waals surface area contributed by atoms with Crippen LogP contribution >= 0.6 is 0 Å². The van der Waals surface area contributed by atoms with Crippen LogP contribution in [0.1, 0.15) is 28.9 Å². The smallest absolute Gasteiger partial charge is 0.143 e. The van der Waals surface area contributed by atoms with Crippen LogP contribution in [0.3, 0.4) is 0 Å². The summed E-state index contributed by atoms with van der Waals surface area (Å²) in [5, 5.41) is 1.64. The van der Waals surface area contributed by atoms with Crippen LogP contribution in [0.15, 0.2) is 174 Å². The molecule has 0 aliphatic carbocycles. The number of benzene rings is 8. The van der Waals surface area contributed by atoms with Crippen LogP contribution in [0, 0.1) is 0 Å². The maximum Gasteiger partial charge on any atom is 0.143 e. The summed E-state index contributed by atoms with van der Waals surface area (Å²) in [5.74, 6) is 0. The molecular formula is C45H30O. The molecule has 1 nitrogen and oxygen atoms in total. The highest BCUT2D eigenvalue weighted by molar-refractivity contribution is 6.15. The van der Waals surface area contributed by atoms with Crippen molar-refractivity contribution in [3.63, 3.8) is 0 Å². The molecule has 0 aliphatic rings. The molecule has 0 unspecified atom stereocenters. The molecule has 1 heteroatoms. The van der Waals surface area contributed by atoms with E-state index in [2.05, 4.69) is 6.07 Å². The van der Waals surface area contributed by atoms with Crippen LogP contribution in [-0.4, -0.2) is 0 Å². The molecule has 216 valence electrons. The Kier molecular flexibility index (Phi) is 3.89. The van der Waals surface area contributed by atoms with Crippen molar-refractivity contribution in [3.8, 4) is 33.4 Å². The fourth-order valence-electron chi connectivity index (χ4n) is 6.36. The molecule has 0 saturated carbocycles. The maximum absolute atomic E-state index is 9.20. The Labute approximate surface area is 286 Å². The average Bonchev–Trinajstić information content (AvgIpc) is 3.64. The predicted octanol–water partition coefficient (Wildman–Crippen LogP) is 12.5. The predicted molar refractivity (Wildman–Crippen MR) is 194 cm³/mol. The van der Waals surface area contributed by atoms with E-state index in [0.29, 0.717) is 11.1 Å². The average molecular weight is 600 g/mol. The summed E-state index contributed by atoms with van der Waals surface area (Å²) in [6.45, 7) is 0. The lowest BCUT2D eigenvalue weighted by molar-refractivity contribution is 0.670. The second-order valence-corrected chi connectivity index (χ2v) is 11.1. The molecule has 1 heterocycles. The number of para-hydroxylation sites is 1. The Balaban J connectivity index is 1.31. The first-order valence-corrected chi connectivity index (χ1v) is 14.8. The van der Waals surface area contributed by atoms with Crippen molar-refractivity contribution in [2.45, 2.75) is 6.42 Å². The molecule has 0 bridgehead atoms. The van der Waals surface area contributed by atoms with Crippen LogP contribution in [-0.2, 0) is 6.42 Å². The van der Waals surface area contributed by atoms with Crippen LogP contribution in [0.25, 0.3) is 76.9 Å². The van der Waals surface area contributed by atoms with Crippen molar-refractivity contribution < 1.29 is 22.2 Å². The minimum atomic E-state index is -0.616. The largest absolute Gasteiger partial charge is 0.455 e. The highest BCUT2D eigenvalue weighted by Crippen LogP contribution is 2.42. The van der Waals surface area contributed by atoms with E-state index < -0.39 is 85.0 Å². The van der Waals surface area contributed by atoms with Gasteiger partial charge >= 0.3 is 0 Å². The van der Waals surface area contributed by atoms with E-state index in [-0.39, 0.29) is 38.2 Å². The van der Waals surface area contributed by atoms with Gasteiger partial charge in [0.1, 0.15) is 11.2 Å².